The minimum absolute atomic E-state index is 0.0137. The van der Waals surface area contributed by atoms with E-state index in [1.807, 2.05) is 26.0 Å². The molecular weight excluding hydrogens is 404 g/mol. The minimum atomic E-state index is -0.515. The summed E-state index contributed by atoms with van der Waals surface area (Å²) in [5.41, 5.74) is 2.19. The van der Waals surface area contributed by atoms with Crippen LogP contribution in [0, 0.1) is 20.8 Å². The predicted molar refractivity (Wildman–Crippen MR) is 103 cm³/mol. The van der Waals surface area contributed by atoms with Gasteiger partial charge in [0.05, 0.1) is 5.69 Å². The van der Waals surface area contributed by atoms with Gasteiger partial charge in [0.25, 0.3) is 11.8 Å². The molecule has 1 fully saturated rings. The number of anilines is 1. The topological polar surface area (TPSA) is 62.6 Å². The number of furan rings is 1. The zero-order valence-electron chi connectivity index (χ0n) is 13.8. The van der Waals surface area contributed by atoms with Gasteiger partial charge in [0, 0.05) is 10.0 Å². The zero-order valence-corrected chi connectivity index (χ0v) is 16.2. The Hall–Kier alpha value is -2.25. The van der Waals surface area contributed by atoms with E-state index in [4.69, 9.17) is 16.6 Å². The van der Waals surface area contributed by atoms with Crippen molar-refractivity contribution in [3.63, 3.8) is 0 Å². The number of rotatable bonds is 2. The molecule has 2 amide bonds. The van der Waals surface area contributed by atoms with Crippen molar-refractivity contribution >= 4 is 56.8 Å². The lowest BCUT2D eigenvalue weighted by molar-refractivity contribution is -0.122. The summed E-state index contributed by atoms with van der Waals surface area (Å²) >= 11 is 8.62. The maximum absolute atomic E-state index is 13.0. The summed E-state index contributed by atoms with van der Waals surface area (Å²) in [6, 6.07) is 7.27. The third-order valence-corrected chi connectivity index (χ3v) is 4.66. The Kier molecular flexibility index (Phi) is 4.62. The molecular formula is C18H15BrN2O3S. The summed E-state index contributed by atoms with van der Waals surface area (Å²) in [6.45, 7) is 5.47. The summed E-state index contributed by atoms with van der Waals surface area (Å²) in [5.74, 6) is 0.381. The molecule has 1 aliphatic heterocycles. The molecule has 0 bridgehead atoms. The average molecular weight is 419 g/mol. The van der Waals surface area contributed by atoms with Crippen LogP contribution in [-0.4, -0.2) is 16.9 Å². The van der Waals surface area contributed by atoms with Gasteiger partial charge < -0.3 is 4.42 Å². The second-order valence-corrected chi connectivity index (χ2v) is 7.06. The second kappa shape index (κ2) is 6.57. The molecule has 1 saturated heterocycles. The third kappa shape index (κ3) is 3.29. The fraction of sp³-hybridized carbons (Fsp3) is 0.167. The van der Waals surface area contributed by atoms with Gasteiger partial charge in [-0.2, -0.15) is 0 Å². The van der Waals surface area contributed by atoms with E-state index in [9.17, 15) is 9.59 Å². The van der Waals surface area contributed by atoms with Crippen LogP contribution in [0.5, 0.6) is 0 Å². The number of hydrogen-bond donors (Lipinski definition) is 1. The molecule has 2 heterocycles. The van der Waals surface area contributed by atoms with E-state index >= 15 is 0 Å². The van der Waals surface area contributed by atoms with Crippen molar-refractivity contribution in [1.29, 1.82) is 0 Å². The number of carbonyl (C=O) groups excluding carboxylic acids is 2. The van der Waals surface area contributed by atoms with Crippen LogP contribution in [0.1, 0.15) is 22.6 Å². The number of thiocarbonyl (C=S) groups is 1. The maximum Gasteiger partial charge on any atom is 0.270 e. The van der Waals surface area contributed by atoms with Crippen molar-refractivity contribution in [2.24, 2.45) is 0 Å². The quantitative estimate of drug-likeness (QED) is 0.457. The summed E-state index contributed by atoms with van der Waals surface area (Å²) in [6.07, 6.45) is 1.53. The first-order valence-corrected chi connectivity index (χ1v) is 8.72. The summed E-state index contributed by atoms with van der Waals surface area (Å²) in [5, 5.41) is 2.65. The number of aryl methyl sites for hydroxylation is 3. The Morgan fingerprint density at radius 3 is 2.52 bits per heavy atom. The SMILES string of the molecule is Cc1cc(/C=C2\C(=O)NC(=S)N(c3ccc(Br)cc3C)C2=O)c(C)o1. The van der Waals surface area contributed by atoms with Crippen LogP contribution in [0.2, 0.25) is 0 Å². The van der Waals surface area contributed by atoms with Gasteiger partial charge in [0.2, 0.25) is 0 Å². The van der Waals surface area contributed by atoms with Crippen LogP contribution < -0.4 is 10.2 Å². The lowest BCUT2D eigenvalue weighted by Gasteiger charge is -2.30. The molecule has 1 aliphatic rings. The highest BCUT2D eigenvalue weighted by Crippen LogP contribution is 2.28. The lowest BCUT2D eigenvalue weighted by atomic mass is 10.1. The first-order chi connectivity index (χ1) is 11.8. The molecule has 0 atom stereocenters. The van der Waals surface area contributed by atoms with Crippen molar-refractivity contribution in [3.05, 3.63) is 57.0 Å². The van der Waals surface area contributed by atoms with E-state index in [2.05, 4.69) is 21.2 Å². The standard InChI is InChI=1S/C18H15BrN2O3S/c1-9-6-13(19)4-5-15(9)21-17(23)14(16(22)20-18(21)25)8-12-7-10(2)24-11(12)3/h4-8H,1-3H3,(H,20,22,25)/b14-8+. The van der Waals surface area contributed by atoms with Gasteiger partial charge in [-0.15, -0.1) is 0 Å². The smallest absolute Gasteiger partial charge is 0.270 e. The van der Waals surface area contributed by atoms with E-state index in [1.54, 1.807) is 19.1 Å². The van der Waals surface area contributed by atoms with E-state index in [0.29, 0.717) is 22.8 Å². The van der Waals surface area contributed by atoms with Gasteiger partial charge in [-0.3, -0.25) is 19.8 Å². The molecule has 2 aromatic rings. The van der Waals surface area contributed by atoms with Gasteiger partial charge >= 0.3 is 0 Å². The van der Waals surface area contributed by atoms with E-state index in [1.165, 1.54) is 11.0 Å². The third-order valence-electron chi connectivity index (χ3n) is 3.88. The fourth-order valence-corrected chi connectivity index (χ4v) is 3.44. The number of nitrogens with one attached hydrogen (secondary N) is 1. The van der Waals surface area contributed by atoms with Crippen molar-refractivity contribution < 1.29 is 14.0 Å². The molecule has 3 rings (SSSR count). The van der Waals surface area contributed by atoms with Crippen LogP contribution in [0.3, 0.4) is 0 Å². The molecule has 0 unspecified atom stereocenters. The summed E-state index contributed by atoms with van der Waals surface area (Å²) in [4.78, 5) is 26.6. The highest BCUT2D eigenvalue weighted by molar-refractivity contribution is 9.10. The van der Waals surface area contributed by atoms with E-state index < -0.39 is 11.8 Å². The van der Waals surface area contributed by atoms with Crippen molar-refractivity contribution in [2.75, 3.05) is 4.90 Å². The second-order valence-electron chi connectivity index (χ2n) is 5.76. The van der Waals surface area contributed by atoms with Gasteiger partial charge in [-0.1, -0.05) is 15.9 Å². The van der Waals surface area contributed by atoms with E-state index in [-0.39, 0.29) is 10.7 Å². The Balaban J connectivity index is 2.07. The molecule has 0 spiro atoms. The molecule has 0 radical (unpaired) electrons. The highest BCUT2D eigenvalue weighted by atomic mass is 79.9. The maximum atomic E-state index is 13.0. The highest BCUT2D eigenvalue weighted by Gasteiger charge is 2.35. The monoisotopic (exact) mass is 418 g/mol. The Morgan fingerprint density at radius 1 is 1.20 bits per heavy atom. The average Bonchev–Trinajstić information content (AvgIpc) is 2.83. The van der Waals surface area contributed by atoms with E-state index in [0.717, 1.165) is 10.0 Å². The van der Waals surface area contributed by atoms with Crippen molar-refractivity contribution in [3.8, 4) is 0 Å². The Morgan fingerprint density at radius 2 is 1.92 bits per heavy atom. The molecule has 25 heavy (non-hydrogen) atoms. The van der Waals surface area contributed by atoms with Gasteiger partial charge in [0.1, 0.15) is 17.1 Å². The Labute approximate surface area is 158 Å². The fourth-order valence-electron chi connectivity index (χ4n) is 2.70. The van der Waals surface area contributed by atoms with Gasteiger partial charge in [-0.05, 0) is 68.9 Å². The van der Waals surface area contributed by atoms with Gasteiger partial charge in [-0.25, -0.2) is 0 Å². The lowest BCUT2D eigenvalue weighted by Crippen LogP contribution is -2.54. The predicted octanol–water partition coefficient (Wildman–Crippen LogP) is 3.80. The molecule has 1 N–H and O–H groups in total. The molecule has 7 heteroatoms. The minimum Gasteiger partial charge on any atom is -0.466 e. The van der Waals surface area contributed by atoms with Gasteiger partial charge in [0.15, 0.2) is 5.11 Å². The Bertz CT molecular complexity index is 946. The van der Waals surface area contributed by atoms with Crippen LogP contribution in [0.15, 0.2) is 38.7 Å². The zero-order chi connectivity index (χ0) is 18.3. The number of hydrogen-bond acceptors (Lipinski definition) is 4. The molecule has 128 valence electrons. The molecule has 0 saturated carbocycles. The largest absolute Gasteiger partial charge is 0.466 e. The van der Waals surface area contributed by atoms with Crippen molar-refractivity contribution in [2.45, 2.75) is 20.8 Å². The first-order valence-electron chi connectivity index (χ1n) is 7.52. The first kappa shape index (κ1) is 17.6. The number of halogens is 1. The summed E-state index contributed by atoms with van der Waals surface area (Å²) in [7, 11) is 0. The molecule has 5 nitrogen and oxygen atoms in total. The normalized spacial score (nSPS) is 16.6. The number of benzene rings is 1. The van der Waals surface area contributed by atoms with Crippen molar-refractivity contribution in [1.82, 2.24) is 5.32 Å². The van der Waals surface area contributed by atoms with Crippen LogP contribution >= 0.6 is 28.1 Å². The molecule has 1 aromatic carbocycles. The number of nitrogens with zero attached hydrogens (tertiary/aromatic N) is 1. The van der Waals surface area contributed by atoms with Crippen LogP contribution in [-0.2, 0) is 9.59 Å². The number of carbonyl (C=O) groups is 2. The molecule has 0 aliphatic carbocycles. The number of amides is 2. The summed E-state index contributed by atoms with van der Waals surface area (Å²) < 4.78 is 6.36. The van der Waals surface area contributed by atoms with Crippen LogP contribution in [0.25, 0.3) is 6.08 Å². The molecule has 1 aromatic heterocycles. The van der Waals surface area contributed by atoms with Crippen LogP contribution in [0.4, 0.5) is 5.69 Å².